The van der Waals surface area contributed by atoms with Crippen LogP contribution in [0.5, 0.6) is 0 Å². The summed E-state index contributed by atoms with van der Waals surface area (Å²) >= 11 is 0. The van der Waals surface area contributed by atoms with Gasteiger partial charge in [0.1, 0.15) is 23.4 Å². The molecule has 0 spiro atoms. The number of hydrogen-bond donors (Lipinski definition) is 2. The van der Waals surface area contributed by atoms with Crippen LogP contribution < -0.4 is 5.32 Å². The fraction of sp³-hybridized carbons (Fsp3) is 0.0769. The monoisotopic (exact) mass is 291 g/mol. The standard InChI is InChI=1S/C13H10FN3O4/c1-7-4-8(14)2-3-11(7)16-12-10(13(18)19)5-9(6-15-12)17(20)21/h2-6H,1H3,(H,15,16)(H,18,19). The summed E-state index contributed by atoms with van der Waals surface area (Å²) in [5.41, 5.74) is 0.244. The molecule has 7 nitrogen and oxygen atoms in total. The molecule has 0 aliphatic heterocycles. The van der Waals surface area contributed by atoms with Crippen molar-refractivity contribution in [2.75, 3.05) is 5.32 Å². The molecule has 0 radical (unpaired) electrons. The van der Waals surface area contributed by atoms with Gasteiger partial charge in [-0.15, -0.1) is 0 Å². The smallest absolute Gasteiger partial charge is 0.339 e. The highest BCUT2D eigenvalue weighted by Gasteiger charge is 2.18. The number of pyridine rings is 1. The van der Waals surface area contributed by atoms with Crippen LogP contribution in [0.3, 0.4) is 0 Å². The number of benzene rings is 1. The molecule has 0 saturated heterocycles. The highest BCUT2D eigenvalue weighted by Crippen LogP contribution is 2.25. The Morgan fingerprint density at radius 1 is 1.43 bits per heavy atom. The Morgan fingerprint density at radius 2 is 2.14 bits per heavy atom. The fourth-order valence-corrected chi connectivity index (χ4v) is 1.71. The molecule has 0 fully saturated rings. The zero-order valence-electron chi connectivity index (χ0n) is 10.8. The largest absolute Gasteiger partial charge is 0.478 e. The molecule has 1 aromatic heterocycles. The minimum Gasteiger partial charge on any atom is -0.478 e. The van der Waals surface area contributed by atoms with Crippen LogP contribution in [0.15, 0.2) is 30.5 Å². The second kappa shape index (κ2) is 5.53. The van der Waals surface area contributed by atoms with Crippen molar-refractivity contribution in [2.24, 2.45) is 0 Å². The minimum atomic E-state index is -1.35. The normalized spacial score (nSPS) is 10.2. The van der Waals surface area contributed by atoms with Gasteiger partial charge in [0.2, 0.25) is 0 Å². The van der Waals surface area contributed by atoms with Gasteiger partial charge in [-0.2, -0.15) is 0 Å². The number of anilines is 2. The number of rotatable bonds is 4. The van der Waals surface area contributed by atoms with E-state index in [4.69, 9.17) is 5.11 Å². The molecule has 0 bridgehead atoms. The highest BCUT2D eigenvalue weighted by atomic mass is 19.1. The second-order valence-corrected chi connectivity index (χ2v) is 4.24. The van der Waals surface area contributed by atoms with Gasteiger partial charge in [0.05, 0.1) is 4.92 Å². The van der Waals surface area contributed by atoms with E-state index in [1.807, 2.05) is 0 Å². The summed E-state index contributed by atoms with van der Waals surface area (Å²) in [6, 6.07) is 4.82. The van der Waals surface area contributed by atoms with Gasteiger partial charge in [-0.3, -0.25) is 10.1 Å². The molecule has 2 rings (SSSR count). The first-order valence-electron chi connectivity index (χ1n) is 5.79. The van der Waals surface area contributed by atoms with E-state index in [1.165, 1.54) is 18.2 Å². The molecule has 0 amide bonds. The van der Waals surface area contributed by atoms with Crippen LogP contribution in [0.1, 0.15) is 15.9 Å². The van der Waals surface area contributed by atoms with Crippen LogP contribution in [0.25, 0.3) is 0 Å². The van der Waals surface area contributed by atoms with Crippen molar-refractivity contribution in [1.29, 1.82) is 0 Å². The maximum absolute atomic E-state index is 13.0. The molecule has 2 aromatic rings. The van der Waals surface area contributed by atoms with Crippen LogP contribution in [-0.2, 0) is 0 Å². The molecule has 0 aliphatic rings. The number of aromatic carboxylic acids is 1. The zero-order chi connectivity index (χ0) is 15.6. The SMILES string of the molecule is Cc1cc(F)ccc1Nc1ncc([N+](=O)[O-])cc1C(=O)O. The maximum Gasteiger partial charge on any atom is 0.339 e. The molecular formula is C13H10FN3O4. The predicted molar refractivity (Wildman–Crippen MR) is 72.3 cm³/mol. The van der Waals surface area contributed by atoms with E-state index in [0.29, 0.717) is 11.3 Å². The van der Waals surface area contributed by atoms with E-state index in [1.54, 1.807) is 6.92 Å². The van der Waals surface area contributed by atoms with Gasteiger partial charge in [-0.05, 0) is 30.7 Å². The van der Waals surface area contributed by atoms with Crippen LogP contribution in [0.4, 0.5) is 21.6 Å². The summed E-state index contributed by atoms with van der Waals surface area (Å²) < 4.78 is 13.0. The van der Waals surface area contributed by atoms with E-state index in [9.17, 15) is 19.3 Å². The lowest BCUT2D eigenvalue weighted by Crippen LogP contribution is -2.06. The first kappa shape index (κ1) is 14.4. The summed E-state index contributed by atoms with van der Waals surface area (Å²) in [6.45, 7) is 1.64. The lowest BCUT2D eigenvalue weighted by atomic mass is 10.2. The van der Waals surface area contributed by atoms with Gasteiger partial charge >= 0.3 is 5.97 Å². The molecule has 0 saturated carbocycles. The van der Waals surface area contributed by atoms with Crippen LogP contribution in [0.2, 0.25) is 0 Å². The topological polar surface area (TPSA) is 105 Å². The number of carbonyl (C=O) groups is 1. The van der Waals surface area contributed by atoms with E-state index in [2.05, 4.69) is 10.3 Å². The summed E-state index contributed by atoms with van der Waals surface area (Å²) in [5.74, 6) is -1.83. The molecular weight excluding hydrogens is 281 g/mol. The number of nitrogens with zero attached hydrogens (tertiary/aromatic N) is 2. The Balaban J connectivity index is 2.44. The van der Waals surface area contributed by atoms with Gasteiger partial charge in [0.25, 0.3) is 5.69 Å². The van der Waals surface area contributed by atoms with Gasteiger partial charge < -0.3 is 10.4 Å². The quantitative estimate of drug-likeness (QED) is 0.662. The summed E-state index contributed by atoms with van der Waals surface area (Å²) in [5, 5.41) is 22.5. The third-order valence-corrected chi connectivity index (χ3v) is 2.76. The Kier molecular flexibility index (Phi) is 3.79. The number of nitrogens with one attached hydrogen (secondary N) is 1. The van der Waals surface area contributed by atoms with Crippen molar-refractivity contribution in [2.45, 2.75) is 6.92 Å². The molecule has 0 unspecified atom stereocenters. The van der Waals surface area contributed by atoms with E-state index < -0.39 is 22.4 Å². The summed E-state index contributed by atoms with van der Waals surface area (Å²) in [6.07, 6.45) is 0.952. The van der Waals surface area contributed by atoms with Crippen molar-refractivity contribution in [3.05, 3.63) is 57.5 Å². The number of aryl methyl sites for hydroxylation is 1. The number of nitro groups is 1. The predicted octanol–water partition coefficient (Wildman–Crippen LogP) is 2.88. The van der Waals surface area contributed by atoms with Gasteiger partial charge in [-0.1, -0.05) is 0 Å². The average molecular weight is 291 g/mol. The number of hydrogen-bond acceptors (Lipinski definition) is 5. The number of carboxylic acids is 1. The van der Waals surface area contributed by atoms with Crippen molar-refractivity contribution in [3.63, 3.8) is 0 Å². The van der Waals surface area contributed by atoms with Crippen molar-refractivity contribution >= 4 is 23.2 Å². The number of halogens is 1. The van der Waals surface area contributed by atoms with Gasteiger partial charge in [-0.25, -0.2) is 14.2 Å². The lowest BCUT2D eigenvalue weighted by Gasteiger charge is -2.10. The van der Waals surface area contributed by atoms with Crippen molar-refractivity contribution in [3.8, 4) is 0 Å². The van der Waals surface area contributed by atoms with Crippen LogP contribution in [-0.4, -0.2) is 21.0 Å². The second-order valence-electron chi connectivity index (χ2n) is 4.24. The molecule has 1 heterocycles. The van der Waals surface area contributed by atoms with E-state index >= 15 is 0 Å². The Bertz CT molecular complexity index is 733. The van der Waals surface area contributed by atoms with Crippen molar-refractivity contribution in [1.82, 2.24) is 4.98 Å². The molecule has 0 atom stereocenters. The molecule has 2 N–H and O–H groups in total. The van der Waals surface area contributed by atoms with E-state index in [-0.39, 0.29) is 11.4 Å². The first-order chi connectivity index (χ1) is 9.88. The number of carboxylic acid groups (broad SMARTS) is 1. The van der Waals surface area contributed by atoms with Gasteiger partial charge in [0, 0.05) is 11.8 Å². The third-order valence-electron chi connectivity index (χ3n) is 2.76. The lowest BCUT2D eigenvalue weighted by molar-refractivity contribution is -0.385. The molecule has 21 heavy (non-hydrogen) atoms. The molecule has 108 valence electrons. The third kappa shape index (κ3) is 3.11. The van der Waals surface area contributed by atoms with Crippen LogP contribution in [0, 0.1) is 22.9 Å². The zero-order valence-corrected chi connectivity index (χ0v) is 10.8. The van der Waals surface area contributed by atoms with E-state index in [0.717, 1.165) is 12.3 Å². The minimum absolute atomic E-state index is 0.0530. The highest BCUT2D eigenvalue weighted by molar-refractivity contribution is 5.94. The maximum atomic E-state index is 13.0. The average Bonchev–Trinajstić information content (AvgIpc) is 2.41. The molecule has 1 aromatic carbocycles. The Hall–Kier alpha value is -3.03. The van der Waals surface area contributed by atoms with Crippen molar-refractivity contribution < 1.29 is 19.2 Å². The Labute approximate surface area is 118 Å². The molecule has 8 heteroatoms. The molecule has 0 aliphatic carbocycles. The van der Waals surface area contributed by atoms with Crippen LogP contribution >= 0.6 is 0 Å². The fourth-order valence-electron chi connectivity index (χ4n) is 1.71. The summed E-state index contributed by atoms with van der Waals surface area (Å²) in [7, 11) is 0. The van der Waals surface area contributed by atoms with Gasteiger partial charge in [0.15, 0.2) is 0 Å². The summed E-state index contributed by atoms with van der Waals surface area (Å²) in [4.78, 5) is 24.8. The first-order valence-corrected chi connectivity index (χ1v) is 5.79. The number of aromatic nitrogens is 1. The Morgan fingerprint density at radius 3 is 2.71 bits per heavy atom.